The van der Waals surface area contributed by atoms with Crippen molar-refractivity contribution in [1.82, 2.24) is 19.9 Å². The maximum atomic E-state index is 12.2. The van der Waals surface area contributed by atoms with Crippen LogP contribution in [0.4, 0.5) is 0 Å². The number of carbonyl (C=O) groups excluding carboxylic acids is 1. The van der Waals surface area contributed by atoms with Gasteiger partial charge in [-0.25, -0.2) is 0 Å². The number of nitrogens with two attached hydrogens (primary N) is 1. The van der Waals surface area contributed by atoms with Crippen LogP contribution in [0.5, 0.6) is 0 Å². The van der Waals surface area contributed by atoms with Crippen LogP contribution in [0, 0.1) is 0 Å². The number of aromatic nitrogens is 3. The van der Waals surface area contributed by atoms with Crippen molar-refractivity contribution in [3.63, 3.8) is 0 Å². The molecule has 0 aromatic carbocycles. The van der Waals surface area contributed by atoms with Crippen LogP contribution in [0.25, 0.3) is 0 Å². The van der Waals surface area contributed by atoms with Crippen molar-refractivity contribution >= 4 is 5.91 Å². The molecular weight excluding hydrogens is 246 g/mol. The summed E-state index contributed by atoms with van der Waals surface area (Å²) in [6, 6.07) is 0. The number of rotatable bonds is 5. The summed E-state index contributed by atoms with van der Waals surface area (Å²) in [6.07, 6.45) is 4.52. The van der Waals surface area contributed by atoms with Crippen molar-refractivity contribution in [3.8, 4) is 0 Å². The van der Waals surface area contributed by atoms with Gasteiger partial charge in [0.05, 0.1) is 19.3 Å². The van der Waals surface area contributed by atoms with E-state index in [4.69, 9.17) is 10.5 Å². The number of ether oxygens (including phenoxy) is 1. The van der Waals surface area contributed by atoms with E-state index in [1.54, 1.807) is 22.9 Å². The number of hydrogen-bond acceptors (Lipinski definition) is 5. The van der Waals surface area contributed by atoms with Crippen LogP contribution < -0.4 is 5.73 Å². The largest absolute Gasteiger partial charge is 0.380 e. The van der Waals surface area contributed by atoms with Gasteiger partial charge in [0, 0.05) is 26.7 Å². The zero-order chi connectivity index (χ0) is 13.7. The molecule has 2 heterocycles. The molecule has 1 aromatic rings. The predicted molar refractivity (Wildman–Crippen MR) is 69.6 cm³/mol. The van der Waals surface area contributed by atoms with E-state index in [-0.39, 0.29) is 5.91 Å². The number of methoxy groups -OCH3 is 1. The normalized spacial score (nSPS) is 15.5. The Hall–Kier alpha value is -1.73. The van der Waals surface area contributed by atoms with Gasteiger partial charge in [-0.1, -0.05) is 11.3 Å². The molecule has 1 aliphatic heterocycles. The zero-order valence-corrected chi connectivity index (χ0v) is 11.1. The first-order chi connectivity index (χ1) is 9.24. The van der Waals surface area contributed by atoms with Crippen LogP contribution in [0.2, 0.25) is 0 Å². The summed E-state index contributed by atoms with van der Waals surface area (Å²) < 4.78 is 6.67. The standard InChI is InChI=1S/C12H19N5O2/c1-19-9-10-2-5-16(6-3-10)12(18)11-8-17(7-4-13)15-14-11/h2,8H,3-7,9,13H2,1H3. The van der Waals surface area contributed by atoms with Crippen LogP contribution in [0.1, 0.15) is 16.9 Å². The maximum Gasteiger partial charge on any atom is 0.276 e. The zero-order valence-electron chi connectivity index (χ0n) is 11.1. The third kappa shape index (κ3) is 3.39. The number of hydrogen-bond donors (Lipinski definition) is 1. The number of carbonyl (C=O) groups is 1. The quantitative estimate of drug-likeness (QED) is 0.736. The first-order valence-electron chi connectivity index (χ1n) is 6.31. The second kappa shape index (κ2) is 6.44. The van der Waals surface area contributed by atoms with Crippen molar-refractivity contribution in [2.45, 2.75) is 13.0 Å². The highest BCUT2D eigenvalue weighted by atomic mass is 16.5. The molecule has 1 aliphatic rings. The lowest BCUT2D eigenvalue weighted by molar-refractivity contribution is 0.0759. The second-order valence-corrected chi connectivity index (χ2v) is 4.45. The molecular formula is C12H19N5O2. The fraction of sp³-hybridized carbons (Fsp3) is 0.583. The van der Waals surface area contributed by atoms with E-state index < -0.39 is 0 Å². The molecule has 7 nitrogen and oxygen atoms in total. The Morgan fingerprint density at radius 2 is 2.42 bits per heavy atom. The van der Waals surface area contributed by atoms with Gasteiger partial charge in [-0.15, -0.1) is 5.10 Å². The Bertz CT molecular complexity index is 468. The van der Waals surface area contributed by atoms with Crippen molar-refractivity contribution in [2.24, 2.45) is 5.73 Å². The van der Waals surface area contributed by atoms with E-state index >= 15 is 0 Å². The van der Waals surface area contributed by atoms with Gasteiger partial charge in [0.2, 0.25) is 0 Å². The van der Waals surface area contributed by atoms with Crippen LogP contribution in [-0.2, 0) is 11.3 Å². The summed E-state index contributed by atoms with van der Waals surface area (Å²) in [5.74, 6) is -0.0870. The highest BCUT2D eigenvalue weighted by molar-refractivity contribution is 5.92. The van der Waals surface area contributed by atoms with E-state index in [0.717, 1.165) is 6.42 Å². The molecule has 104 valence electrons. The molecule has 0 aliphatic carbocycles. The molecule has 1 amide bonds. The molecule has 7 heteroatoms. The summed E-state index contributed by atoms with van der Waals surface area (Å²) in [5, 5.41) is 7.76. The van der Waals surface area contributed by atoms with Gasteiger partial charge in [0.15, 0.2) is 5.69 Å². The summed E-state index contributed by atoms with van der Waals surface area (Å²) >= 11 is 0. The van der Waals surface area contributed by atoms with Crippen LogP contribution in [-0.4, -0.2) is 59.2 Å². The molecule has 0 atom stereocenters. The Morgan fingerprint density at radius 1 is 1.58 bits per heavy atom. The first kappa shape index (κ1) is 13.7. The van der Waals surface area contributed by atoms with Crippen LogP contribution in [0.3, 0.4) is 0 Å². The lowest BCUT2D eigenvalue weighted by atomic mass is 10.1. The molecule has 2 rings (SSSR count). The van der Waals surface area contributed by atoms with Gasteiger partial charge in [-0.3, -0.25) is 9.48 Å². The molecule has 0 bridgehead atoms. The van der Waals surface area contributed by atoms with Crippen LogP contribution >= 0.6 is 0 Å². The van der Waals surface area contributed by atoms with Gasteiger partial charge in [0.1, 0.15) is 0 Å². The second-order valence-electron chi connectivity index (χ2n) is 4.45. The van der Waals surface area contributed by atoms with E-state index in [1.807, 2.05) is 6.08 Å². The van der Waals surface area contributed by atoms with E-state index in [2.05, 4.69) is 10.3 Å². The van der Waals surface area contributed by atoms with Gasteiger partial charge >= 0.3 is 0 Å². The van der Waals surface area contributed by atoms with Gasteiger partial charge < -0.3 is 15.4 Å². The summed E-state index contributed by atoms with van der Waals surface area (Å²) in [7, 11) is 1.67. The highest BCUT2D eigenvalue weighted by Gasteiger charge is 2.21. The van der Waals surface area contributed by atoms with Crippen molar-refractivity contribution < 1.29 is 9.53 Å². The van der Waals surface area contributed by atoms with Crippen molar-refractivity contribution in [1.29, 1.82) is 0 Å². The first-order valence-corrected chi connectivity index (χ1v) is 6.31. The lowest BCUT2D eigenvalue weighted by Crippen LogP contribution is -2.35. The number of nitrogens with zero attached hydrogens (tertiary/aromatic N) is 4. The minimum atomic E-state index is -0.0870. The average molecular weight is 265 g/mol. The topological polar surface area (TPSA) is 86.3 Å². The molecule has 2 N–H and O–H groups in total. The minimum Gasteiger partial charge on any atom is -0.380 e. The van der Waals surface area contributed by atoms with Crippen molar-refractivity contribution in [2.75, 3.05) is 33.4 Å². The molecule has 19 heavy (non-hydrogen) atoms. The third-order valence-corrected chi connectivity index (χ3v) is 3.04. The monoisotopic (exact) mass is 265 g/mol. The summed E-state index contributed by atoms with van der Waals surface area (Å²) in [5.41, 5.74) is 7.04. The number of amides is 1. The Kier molecular flexibility index (Phi) is 4.64. The third-order valence-electron chi connectivity index (χ3n) is 3.04. The highest BCUT2D eigenvalue weighted by Crippen LogP contribution is 2.13. The molecule has 0 saturated carbocycles. The molecule has 1 aromatic heterocycles. The Balaban J connectivity index is 1.96. The predicted octanol–water partition coefficient (Wildman–Crippen LogP) is -0.344. The van der Waals surface area contributed by atoms with Gasteiger partial charge in [-0.05, 0) is 12.0 Å². The molecule has 0 fully saturated rings. The minimum absolute atomic E-state index is 0.0870. The van der Waals surface area contributed by atoms with E-state index in [1.165, 1.54) is 5.57 Å². The molecule has 0 saturated heterocycles. The molecule has 0 radical (unpaired) electrons. The summed E-state index contributed by atoms with van der Waals surface area (Å²) in [6.45, 7) is 2.97. The average Bonchev–Trinajstić information content (AvgIpc) is 2.88. The van der Waals surface area contributed by atoms with Gasteiger partial charge in [0.25, 0.3) is 5.91 Å². The maximum absolute atomic E-state index is 12.2. The molecule has 0 unspecified atom stereocenters. The fourth-order valence-corrected chi connectivity index (χ4v) is 2.01. The fourth-order valence-electron chi connectivity index (χ4n) is 2.01. The SMILES string of the molecule is COCC1=CCN(C(=O)c2cn(CCN)nn2)CC1. The smallest absolute Gasteiger partial charge is 0.276 e. The van der Waals surface area contributed by atoms with Gasteiger partial charge in [-0.2, -0.15) is 0 Å². The van der Waals surface area contributed by atoms with Crippen LogP contribution in [0.15, 0.2) is 17.8 Å². The Labute approximate surface area is 112 Å². The van der Waals surface area contributed by atoms with Crippen molar-refractivity contribution in [3.05, 3.63) is 23.5 Å². The van der Waals surface area contributed by atoms with E-state index in [9.17, 15) is 4.79 Å². The van der Waals surface area contributed by atoms with E-state index in [0.29, 0.717) is 38.5 Å². The lowest BCUT2D eigenvalue weighted by Gasteiger charge is -2.25. The molecule has 0 spiro atoms. The Morgan fingerprint density at radius 3 is 3.05 bits per heavy atom. The summed E-state index contributed by atoms with van der Waals surface area (Å²) in [4.78, 5) is 14.0.